The number of aliphatic carboxylic acids is 1. The fourth-order valence-corrected chi connectivity index (χ4v) is 1.97. The van der Waals surface area contributed by atoms with Crippen LogP contribution in [0.5, 0.6) is 0 Å². The minimum atomic E-state index is -1.30. The molecule has 0 aromatic rings. The molecule has 0 radical (unpaired) electrons. The summed E-state index contributed by atoms with van der Waals surface area (Å²) in [5.41, 5.74) is 4.90. The summed E-state index contributed by atoms with van der Waals surface area (Å²) in [5, 5.41) is 13.7. The Morgan fingerprint density at radius 1 is 1.33 bits per heavy atom. The molecule has 8 heteroatoms. The lowest BCUT2D eigenvalue weighted by atomic mass is 10.2. The van der Waals surface area contributed by atoms with Crippen molar-refractivity contribution in [2.45, 2.75) is 31.8 Å². The Hall–Kier alpha value is -1.44. The highest BCUT2D eigenvalue weighted by atomic mass is 32.2. The lowest BCUT2D eigenvalue weighted by Crippen LogP contribution is -2.50. The van der Waals surface area contributed by atoms with Crippen molar-refractivity contribution in [3.63, 3.8) is 0 Å². The molecule has 104 valence electrons. The maximum Gasteiger partial charge on any atom is 0.326 e. The molecule has 0 aromatic heterocycles. The number of hydrogen-bond acceptors (Lipinski definition) is 4. The van der Waals surface area contributed by atoms with Crippen molar-refractivity contribution < 1.29 is 19.5 Å². The summed E-state index contributed by atoms with van der Waals surface area (Å²) in [5.74, 6) is -1.34. The van der Waals surface area contributed by atoms with Gasteiger partial charge in [0.1, 0.15) is 6.04 Å². The maximum absolute atomic E-state index is 11.5. The number of primary amides is 1. The van der Waals surface area contributed by atoms with E-state index < -0.39 is 30.4 Å². The molecule has 5 N–H and O–H groups in total. The Bertz CT molecular complexity index is 311. The minimum Gasteiger partial charge on any atom is -0.480 e. The molecule has 0 saturated carbocycles. The van der Waals surface area contributed by atoms with E-state index in [1.807, 2.05) is 13.2 Å². The van der Waals surface area contributed by atoms with Crippen LogP contribution in [0.3, 0.4) is 0 Å². The Labute approximate surface area is 110 Å². The molecule has 2 atom stereocenters. The van der Waals surface area contributed by atoms with Crippen LogP contribution in [0.15, 0.2) is 0 Å². The van der Waals surface area contributed by atoms with E-state index in [1.165, 1.54) is 0 Å². The van der Waals surface area contributed by atoms with Crippen molar-refractivity contribution in [3.05, 3.63) is 0 Å². The number of thioether (sulfide) groups is 1. The fourth-order valence-electron chi connectivity index (χ4n) is 1.25. The average Bonchev–Trinajstić information content (AvgIpc) is 2.26. The molecule has 0 fully saturated rings. The van der Waals surface area contributed by atoms with Crippen molar-refractivity contribution >= 4 is 29.7 Å². The summed E-state index contributed by atoms with van der Waals surface area (Å²) >= 11 is 1.58. The molecule has 2 unspecified atom stereocenters. The smallest absolute Gasteiger partial charge is 0.326 e. The number of amides is 3. The highest BCUT2D eigenvalue weighted by molar-refractivity contribution is 7.98. The first-order chi connectivity index (χ1) is 8.40. The largest absolute Gasteiger partial charge is 0.480 e. The van der Waals surface area contributed by atoms with Crippen LogP contribution in [0.1, 0.15) is 19.8 Å². The summed E-state index contributed by atoms with van der Waals surface area (Å²) in [6, 6.07) is -1.94. The van der Waals surface area contributed by atoms with E-state index in [0.717, 1.165) is 12.2 Å². The lowest BCUT2D eigenvalue weighted by molar-refractivity contribution is -0.140. The maximum atomic E-state index is 11.5. The summed E-state index contributed by atoms with van der Waals surface area (Å²) in [6.07, 6.45) is 2.22. The third-order valence-corrected chi connectivity index (χ3v) is 2.94. The van der Waals surface area contributed by atoms with Gasteiger partial charge in [-0.05, 0) is 12.7 Å². The first kappa shape index (κ1) is 16.6. The third kappa shape index (κ3) is 7.00. The number of nitrogens with two attached hydrogens (primary N) is 1. The van der Waals surface area contributed by atoms with Gasteiger partial charge in [0.15, 0.2) is 0 Å². The first-order valence-corrected chi connectivity index (χ1v) is 6.87. The molecule has 0 heterocycles. The van der Waals surface area contributed by atoms with Crippen LogP contribution in [-0.2, 0) is 9.59 Å². The standard InChI is InChI=1S/C10H19N3O4S/c1-3-6(5-18-2)12-10(17)13-7(9(15)16)4-8(11)14/h6-7H,3-5H2,1-2H3,(H2,11,14)(H,15,16)(H2,12,13,17). The molecule has 18 heavy (non-hydrogen) atoms. The van der Waals surface area contributed by atoms with Crippen LogP contribution in [0.2, 0.25) is 0 Å². The van der Waals surface area contributed by atoms with Gasteiger partial charge in [-0.3, -0.25) is 4.79 Å². The molecule has 0 aliphatic heterocycles. The zero-order chi connectivity index (χ0) is 14.1. The van der Waals surface area contributed by atoms with Crippen molar-refractivity contribution in [3.8, 4) is 0 Å². The lowest BCUT2D eigenvalue weighted by Gasteiger charge is -2.18. The fraction of sp³-hybridized carbons (Fsp3) is 0.700. The number of carbonyl (C=O) groups excluding carboxylic acids is 2. The van der Waals surface area contributed by atoms with Gasteiger partial charge in [0, 0.05) is 11.8 Å². The number of hydrogen-bond donors (Lipinski definition) is 4. The second-order valence-corrected chi connectivity index (χ2v) is 4.65. The number of nitrogens with one attached hydrogen (secondary N) is 2. The van der Waals surface area contributed by atoms with Gasteiger partial charge in [-0.15, -0.1) is 0 Å². The zero-order valence-corrected chi connectivity index (χ0v) is 11.3. The first-order valence-electron chi connectivity index (χ1n) is 5.47. The number of urea groups is 1. The van der Waals surface area contributed by atoms with E-state index in [9.17, 15) is 14.4 Å². The van der Waals surface area contributed by atoms with Gasteiger partial charge < -0.3 is 21.5 Å². The zero-order valence-electron chi connectivity index (χ0n) is 10.4. The van der Waals surface area contributed by atoms with Crippen LogP contribution in [-0.4, -0.2) is 47.1 Å². The highest BCUT2D eigenvalue weighted by Crippen LogP contribution is 2.01. The summed E-state index contributed by atoms with van der Waals surface area (Å²) in [4.78, 5) is 33.0. The topological polar surface area (TPSA) is 122 Å². The second-order valence-electron chi connectivity index (χ2n) is 3.74. The van der Waals surface area contributed by atoms with Gasteiger partial charge >= 0.3 is 12.0 Å². The van der Waals surface area contributed by atoms with Crippen LogP contribution < -0.4 is 16.4 Å². The van der Waals surface area contributed by atoms with Crippen LogP contribution in [0, 0.1) is 0 Å². The van der Waals surface area contributed by atoms with E-state index in [4.69, 9.17) is 10.8 Å². The van der Waals surface area contributed by atoms with E-state index in [2.05, 4.69) is 10.6 Å². The van der Waals surface area contributed by atoms with Gasteiger partial charge in [-0.1, -0.05) is 6.92 Å². The predicted molar refractivity (Wildman–Crippen MR) is 69.4 cm³/mol. The quantitative estimate of drug-likeness (QED) is 0.487. The SMILES string of the molecule is CCC(CSC)NC(=O)NC(CC(N)=O)C(=O)O. The number of carbonyl (C=O) groups is 3. The normalized spacial score (nSPS) is 13.4. The Morgan fingerprint density at radius 3 is 2.33 bits per heavy atom. The molecular formula is C10H19N3O4S. The molecule has 3 amide bonds. The Balaban J connectivity index is 4.32. The predicted octanol–water partition coefficient (Wildman–Crippen LogP) is -0.244. The van der Waals surface area contributed by atoms with E-state index in [0.29, 0.717) is 0 Å². The Morgan fingerprint density at radius 2 is 1.94 bits per heavy atom. The van der Waals surface area contributed by atoms with Gasteiger partial charge in [0.05, 0.1) is 6.42 Å². The van der Waals surface area contributed by atoms with Crippen molar-refractivity contribution in [1.29, 1.82) is 0 Å². The Kier molecular flexibility index (Phi) is 7.93. The van der Waals surface area contributed by atoms with Crippen molar-refractivity contribution in [2.75, 3.05) is 12.0 Å². The number of carboxylic acids is 1. The second kappa shape index (κ2) is 8.62. The van der Waals surface area contributed by atoms with Gasteiger partial charge in [0.2, 0.25) is 5.91 Å². The highest BCUT2D eigenvalue weighted by Gasteiger charge is 2.22. The molecule has 0 rings (SSSR count). The van der Waals surface area contributed by atoms with Crippen LogP contribution in [0.25, 0.3) is 0 Å². The van der Waals surface area contributed by atoms with Gasteiger partial charge in [-0.2, -0.15) is 11.8 Å². The number of carboxylic acid groups (broad SMARTS) is 1. The van der Waals surface area contributed by atoms with Gasteiger partial charge in [-0.25, -0.2) is 9.59 Å². The summed E-state index contributed by atoms with van der Waals surface area (Å²) in [6.45, 7) is 1.92. The molecule has 0 spiro atoms. The third-order valence-electron chi connectivity index (χ3n) is 2.20. The minimum absolute atomic E-state index is 0.0389. The van der Waals surface area contributed by atoms with Crippen LogP contribution >= 0.6 is 11.8 Å². The van der Waals surface area contributed by atoms with Gasteiger partial charge in [0.25, 0.3) is 0 Å². The average molecular weight is 277 g/mol. The van der Waals surface area contributed by atoms with E-state index in [-0.39, 0.29) is 6.04 Å². The molecule has 7 nitrogen and oxygen atoms in total. The molecule has 0 aliphatic carbocycles. The van der Waals surface area contributed by atoms with Crippen molar-refractivity contribution in [1.82, 2.24) is 10.6 Å². The van der Waals surface area contributed by atoms with E-state index in [1.54, 1.807) is 11.8 Å². The van der Waals surface area contributed by atoms with Crippen LogP contribution in [0.4, 0.5) is 4.79 Å². The molecule has 0 aromatic carbocycles. The molecule has 0 aliphatic rings. The molecular weight excluding hydrogens is 258 g/mol. The monoisotopic (exact) mass is 277 g/mol. The summed E-state index contributed by atoms with van der Waals surface area (Å²) < 4.78 is 0. The van der Waals surface area contributed by atoms with E-state index >= 15 is 0 Å². The van der Waals surface area contributed by atoms with Crippen molar-refractivity contribution in [2.24, 2.45) is 5.73 Å². The summed E-state index contributed by atoms with van der Waals surface area (Å²) in [7, 11) is 0. The number of rotatable bonds is 8. The molecule has 0 saturated heterocycles. The molecule has 0 bridgehead atoms.